The fraction of sp³-hybridized carbons (Fsp3) is 0.235. The van der Waals surface area contributed by atoms with E-state index in [1.165, 1.54) is 0 Å². The van der Waals surface area contributed by atoms with Gasteiger partial charge in [-0.1, -0.05) is 17.7 Å². The lowest BCUT2D eigenvalue weighted by atomic mass is 10.2. The van der Waals surface area contributed by atoms with Gasteiger partial charge in [0, 0.05) is 29.4 Å². The minimum atomic E-state index is -0.196. The summed E-state index contributed by atoms with van der Waals surface area (Å²) in [5.41, 5.74) is 7.94. The molecule has 2 aromatic rings. The highest BCUT2D eigenvalue weighted by Gasteiger charge is 2.12. The van der Waals surface area contributed by atoms with Gasteiger partial charge in [-0.15, -0.1) is 0 Å². The van der Waals surface area contributed by atoms with Crippen LogP contribution < -0.4 is 15.8 Å². The minimum absolute atomic E-state index is 0.196. The SMILES string of the molecule is O=C(NNc1cccc(Cl)c1)c1ccc(N2CCOCC2)cc1. The molecule has 1 saturated heterocycles. The number of nitrogens with zero attached hydrogens (tertiary/aromatic N) is 1. The van der Waals surface area contributed by atoms with Crippen LogP contribution in [0.4, 0.5) is 11.4 Å². The first-order chi connectivity index (χ1) is 11.2. The Bertz CT molecular complexity index is 670. The van der Waals surface area contributed by atoms with E-state index >= 15 is 0 Å². The molecule has 1 heterocycles. The van der Waals surface area contributed by atoms with Gasteiger partial charge in [0.2, 0.25) is 0 Å². The van der Waals surface area contributed by atoms with Gasteiger partial charge in [0.1, 0.15) is 0 Å². The van der Waals surface area contributed by atoms with Crippen LogP contribution in [0.2, 0.25) is 5.02 Å². The van der Waals surface area contributed by atoms with E-state index in [0.717, 1.165) is 37.7 Å². The maximum atomic E-state index is 12.2. The number of anilines is 2. The van der Waals surface area contributed by atoms with Gasteiger partial charge in [-0.3, -0.25) is 15.6 Å². The van der Waals surface area contributed by atoms with Crippen molar-refractivity contribution in [2.45, 2.75) is 0 Å². The third-order valence-corrected chi connectivity index (χ3v) is 3.89. The average molecular weight is 332 g/mol. The summed E-state index contributed by atoms with van der Waals surface area (Å²) in [6.07, 6.45) is 0. The number of hydrogen-bond acceptors (Lipinski definition) is 4. The molecule has 5 nitrogen and oxygen atoms in total. The molecule has 2 N–H and O–H groups in total. The summed E-state index contributed by atoms with van der Waals surface area (Å²) in [6, 6.07) is 14.7. The van der Waals surface area contributed by atoms with Crippen LogP contribution in [0.1, 0.15) is 10.4 Å². The maximum Gasteiger partial charge on any atom is 0.269 e. The van der Waals surface area contributed by atoms with E-state index in [9.17, 15) is 4.79 Å². The van der Waals surface area contributed by atoms with Crippen LogP contribution >= 0.6 is 11.6 Å². The number of carbonyl (C=O) groups excluding carboxylic acids is 1. The largest absolute Gasteiger partial charge is 0.378 e. The second kappa shape index (κ2) is 7.35. The molecule has 0 atom stereocenters. The quantitative estimate of drug-likeness (QED) is 0.846. The highest BCUT2D eigenvalue weighted by atomic mass is 35.5. The zero-order valence-corrected chi connectivity index (χ0v) is 13.3. The lowest BCUT2D eigenvalue weighted by Gasteiger charge is -2.28. The third-order valence-electron chi connectivity index (χ3n) is 3.65. The van der Waals surface area contributed by atoms with Crippen LogP contribution in [0.15, 0.2) is 48.5 Å². The molecule has 0 spiro atoms. The van der Waals surface area contributed by atoms with Crippen LogP contribution in [0.25, 0.3) is 0 Å². The van der Waals surface area contributed by atoms with E-state index in [0.29, 0.717) is 10.6 Å². The molecule has 0 bridgehead atoms. The van der Waals surface area contributed by atoms with Crippen LogP contribution in [0.5, 0.6) is 0 Å². The Morgan fingerprint density at radius 2 is 1.83 bits per heavy atom. The van der Waals surface area contributed by atoms with Gasteiger partial charge in [-0.05, 0) is 42.5 Å². The number of ether oxygens (including phenoxy) is 1. The fourth-order valence-electron chi connectivity index (χ4n) is 2.41. The van der Waals surface area contributed by atoms with E-state index < -0.39 is 0 Å². The number of morpholine rings is 1. The summed E-state index contributed by atoms with van der Waals surface area (Å²) in [6.45, 7) is 3.24. The van der Waals surface area contributed by atoms with Gasteiger partial charge in [-0.2, -0.15) is 0 Å². The zero-order chi connectivity index (χ0) is 16.1. The first kappa shape index (κ1) is 15.6. The number of halogens is 1. The van der Waals surface area contributed by atoms with Crippen molar-refractivity contribution in [3.05, 3.63) is 59.1 Å². The van der Waals surface area contributed by atoms with Crippen LogP contribution in [-0.4, -0.2) is 32.2 Å². The summed E-state index contributed by atoms with van der Waals surface area (Å²) >= 11 is 5.90. The molecule has 0 saturated carbocycles. The highest BCUT2D eigenvalue weighted by molar-refractivity contribution is 6.30. The summed E-state index contributed by atoms with van der Waals surface area (Å²) in [4.78, 5) is 14.4. The molecule has 1 fully saturated rings. The minimum Gasteiger partial charge on any atom is -0.378 e. The van der Waals surface area contributed by atoms with Gasteiger partial charge in [0.05, 0.1) is 18.9 Å². The number of amides is 1. The standard InChI is InChI=1S/C17H18ClN3O2/c18-14-2-1-3-15(12-14)19-20-17(22)13-4-6-16(7-5-13)21-8-10-23-11-9-21/h1-7,12,19H,8-11H2,(H,20,22). The number of benzene rings is 2. The predicted octanol–water partition coefficient (Wildman–Crippen LogP) is 2.93. The lowest BCUT2D eigenvalue weighted by molar-refractivity contribution is 0.0962. The number of hydrogen-bond donors (Lipinski definition) is 2. The summed E-state index contributed by atoms with van der Waals surface area (Å²) in [5.74, 6) is -0.196. The Hall–Kier alpha value is -2.24. The predicted molar refractivity (Wildman–Crippen MR) is 92.0 cm³/mol. The maximum absolute atomic E-state index is 12.2. The van der Waals surface area contributed by atoms with Crippen molar-refractivity contribution >= 4 is 28.9 Å². The van der Waals surface area contributed by atoms with Crippen molar-refractivity contribution in [2.75, 3.05) is 36.6 Å². The monoisotopic (exact) mass is 331 g/mol. The molecule has 0 aromatic heterocycles. The van der Waals surface area contributed by atoms with Gasteiger partial charge < -0.3 is 9.64 Å². The number of nitrogens with one attached hydrogen (secondary N) is 2. The van der Waals surface area contributed by atoms with Crippen molar-refractivity contribution in [3.63, 3.8) is 0 Å². The number of hydrazine groups is 1. The van der Waals surface area contributed by atoms with Crippen molar-refractivity contribution in [2.24, 2.45) is 0 Å². The van der Waals surface area contributed by atoms with Gasteiger partial charge in [-0.25, -0.2) is 0 Å². The normalized spacial score (nSPS) is 14.4. The summed E-state index contributed by atoms with van der Waals surface area (Å²) < 4.78 is 5.34. The first-order valence-corrected chi connectivity index (χ1v) is 7.85. The molecule has 1 aliphatic heterocycles. The highest BCUT2D eigenvalue weighted by Crippen LogP contribution is 2.17. The molecule has 0 aliphatic carbocycles. The van der Waals surface area contributed by atoms with Crippen LogP contribution in [0.3, 0.4) is 0 Å². The molecular formula is C17H18ClN3O2. The van der Waals surface area contributed by atoms with Gasteiger partial charge in [0.15, 0.2) is 0 Å². The smallest absolute Gasteiger partial charge is 0.269 e. The summed E-state index contributed by atoms with van der Waals surface area (Å²) in [5, 5.41) is 0.610. The molecule has 0 radical (unpaired) electrons. The third kappa shape index (κ3) is 4.15. The molecule has 6 heteroatoms. The molecule has 23 heavy (non-hydrogen) atoms. The molecule has 2 aromatic carbocycles. The van der Waals surface area contributed by atoms with Gasteiger partial charge >= 0.3 is 0 Å². The molecule has 1 aliphatic rings. The second-order valence-electron chi connectivity index (χ2n) is 5.24. The fourth-order valence-corrected chi connectivity index (χ4v) is 2.60. The molecule has 0 unspecified atom stereocenters. The Labute approximate surface area is 140 Å². The van der Waals surface area contributed by atoms with Crippen molar-refractivity contribution in [3.8, 4) is 0 Å². The van der Waals surface area contributed by atoms with Crippen molar-refractivity contribution in [1.82, 2.24) is 5.43 Å². The molecular weight excluding hydrogens is 314 g/mol. The van der Waals surface area contributed by atoms with Crippen molar-refractivity contribution < 1.29 is 9.53 Å². The summed E-state index contributed by atoms with van der Waals surface area (Å²) in [7, 11) is 0. The Morgan fingerprint density at radius 3 is 2.52 bits per heavy atom. The first-order valence-electron chi connectivity index (χ1n) is 7.47. The van der Waals surface area contributed by atoms with Crippen molar-refractivity contribution in [1.29, 1.82) is 0 Å². The van der Waals surface area contributed by atoms with E-state index in [2.05, 4.69) is 15.8 Å². The number of rotatable bonds is 4. The van der Waals surface area contributed by atoms with Crippen LogP contribution in [0, 0.1) is 0 Å². The lowest BCUT2D eigenvalue weighted by Crippen LogP contribution is -2.36. The number of carbonyl (C=O) groups is 1. The topological polar surface area (TPSA) is 53.6 Å². The van der Waals surface area contributed by atoms with E-state index in [1.807, 2.05) is 36.4 Å². The van der Waals surface area contributed by atoms with Gasteiger partial charge in [0.25, 0.3) is 5.91 Å². The van der Waals surface area contributed by atoms with E-state index in [-0.39, 0.29) is 5.91 Å². The second-order valence-corrected chi connectivity index (χ2v) is 5.67. The van der Waals surface area contributed by atoms with E-state index in [1.54, 1.807) is 12.1 Å². The van der Waals surface area contributed by atoms with E-state index in [4.69, 9.17) is 16.3 Å². The molecule has 3 rings (SSSR count). The Kier molecular flexibility index (Phi) is 5.00. The molecule has 1 amide bonds. The van der Waals surface area contributed by atoms with Crippen LogP contribution in [-0.2, 0) is 4.74 Å². The Morgan fingerprint density at radius 1 is 1.09 bits per heavy atom. The Balaban J connectivity index is 1.59. The average Bonchev–Trinajstić information content (AvgIpc) is 2.61. The molecule has 120 valence electrons. The zero-order valence-electron chi connectivity index (χ0n) is 12.6.